The largest absolute Gasteiger partial charge is 0.366 e. The fourth-order valence-corrected chi connectivity index (χ4v) is 1.61. The third-order valence-corrected chi connectivity index (χ3v) is 2.39. The second kappa shape index (κ2) is 4.04. The maximum absolute atomic E-state index is 10.8. The normalized spacial score (nSPS) is 9.83. The lowest BCUT2D eigenvalue weighted by atomic mass is 10.1. The van der Waals surface area contributed by atoms with Crippen LogP contribution in [0.3, 0.4) is 0 Å². The minimum absolute atomic E-state index is 0.381. The Hall–Kier alpha value is -0.360. The Morgan fingerprint density at radius 3 is 2.92 bits per heavy atom. The van der Waals surface area contributed by atoms with Crippen molar-refractivity contribution >= 4 is 40.1 Å². The molecule has 1 amide bonds. The molecule has 2 N–H and O–H groups in total. The minimum Gasteiger partial charge on any atom is -0.366 e. The zero-order chi connectivity index (χ0) is 9.14. The fourth-order valence-electron chi connectivity index (χ4n) is 0.800. The zero-order valence-corrected chi connectivity index (χ0v) is 8.96. The molecular weight excluding hydrogens is 290 g/mol. The average Bonchev–Trinajstić information content (AvgIpc) is 2.03. The average molecular weight is 296 g/mol. The Bertz CT molecular complexity index is 316. The number of carbonyl (C=O) groups is 1. The first kappa shape index (κ1) is 9.73. The summed E-state index contributed by atoms with van der Waals surface area (Å²) in [4.78, 5) is 14.6. The van der Waals surface area contributed by atoms with Gasteiger partial charge in [0, 0.05) is 10.6 Å². The summed E-state index contributed by atoms with van der Waals surface area (Å²) in [5, 5.41) is 0.381. The summed E-state index contributed by atoms with van der Waals surface area (Å²) < 4.78 is 0.693. The molecule has 0 bridgehead atoms. The molecule has 0 aliphatic heterocycles. The van der Waals surface area contributed by atoms with Gasteiger partial charge in [-0.2, -0.15) is 0 Å². The molecule has 1 aromatic rings. The number of primary amides is 1. The van der Waals surface area contributed by atoms with E-state index in [0.29, 0.717) is 15.1 Å². The molecule has 0 fully saturated rings. The first-order valence-electron chi connectivity index (χ1n) is 3.15. The number of pyridine rings is 1. The molecule has 0 saturated heterocycles. The van der Waals surface area contributed by atoms with Gasteiger partial charge >= 0.3 is 0 Å². The quantitative estimate of drug-likeness (QED) is 0.514. The molecular formula is C7H6ClIN2O. The highest BCUT2D eigenvalue weighted by Gasteiger charge is 2.07. The van der Waals surface area contributed by atoms with Crippen molar-refractivity contribution in [3.63, 3.8) is 0 Å². The van der Waals surface area contributed by atoms with Crippen LogP contribution in [0.15, 0.2) is 12.3 Å². The van der Waals surface area contributed by atoms with Gasteiger partial charge in [-0.3, -0.25) is 4.79 Å². The lowest BCUT2D eigenvalue weighted by molar-refractivity contribution is 0.0999. The van der Waals surface area contributed by atoms with Gasteiger partial charge in [0.1, 0.15) is 5.15 Å². The van der Waals surface area contributed by atoms with E-state index in [9.17, 15) is 4.79 Å². The Labute approximate surface area is 88.4 Å². The Kier molecular flexibility index (Phi) is 3.28. The number of nitrogens with zero attached hydrogens (tertiary/aromatic N) is 1. The number of hydrogen-bond donors (Lipinski definition) is 1. The van der Waals surface area contributed by atoms with E-state index < -0.39 is 5.91 Å². The first-order chi connectivity index (χ1) is 5.65. The molecule has 5 heteroatoms. The Morgan fingerprint density at radius 1 is 1.75 bits per heavy atom. The third kappa shape index (κ3) is 2.07. The number of alkyl halides is 1. The van der Waals surface area contributed by atoms with Gasteiger partial charge in [-0.15, -0.1) is 0 Å². The summed E-state index contributed by atoms with van der Waals surface area (Å²) in [5.74, 6) is -0.467. The SMILES string of the molecule is NC(=O)c1cnc(Cl)cc1CI. The Morgan fingerprint density at radius 2 is 2.42 bits per heavy atom. The molecule has 0 atom stereocenters. The van der Waals surface area contributed by atoms with E-state index >= 15 is 0 Å². The van der Waals surface area contributed by atoms with Crippen molar-refractivity contribution in [3.8, 4) is 0 Å². The molecule has 0 aliphatic carbocycles. The highest BCUT2D eigenvalue weighted by Crippen LogP contribution is 2.15. The summed E-state index contributed by atoms with van der Waals surface area (Å²) in [6, 6.07) is 1.65. The summed E-state index contributed by atoms with van der Waals surface area (Å²) in [6.07, 6.45) is 1.40. The van der Waals surface area contributed by atoms with E-state index in [-0.39, 0.29) is 0 Å². The molecule has 1 aromatic heterocycles. The number of rotatable bonds is 2. The van der Waals surface area contributed by atoms with E-state index in [1.165, 1.54) is 6.20 Å². The van der Waals surface area contributed by atoms with Gasteiger partial charge in [0.2, 0.25) is 0 Å². The van der Waals surface area contributed by atoms with Crippen LogP contribution in [0.25, 0.3) is 0 Å². The number of amides is 1. The number of nitrogens with two attached hydrogens (primary N) is 1. The van der Waals surface area contributed by atoms with Crippen LogP contribution in [0.2, 0.25) is 5.15 Å². The summed E-state index contributed by atoms with van der Waals surface area (Å²) in [6.45, 7) is 0. The van der Waals surface area contributed by atoms with Gasteiger partial charge in [0.25, 0.3) is 5.91 Å². The molecule has 12 heavy (non-hydrogen) atoms. The third-order valence-electron chi connectivity index (χ3n) is 1.37. The van der Waals surface area contributed by atoms with Crippen molar-refractivity contribution in [2.45, 2.75) is 4.43 Å². The van der Waals surface area contributed by atoms with Crippen LogP contribution < -0.4 is 5.73 Å². The van der Waals surface area contributed by atoms with Crippen LogP contribution >= 0.6 is 34.2 Å². The zero-order valence-electron chi connectivity index (χ0n) is 6.05. The topological polar surface area (TPSA) is 56.0 Å². The molecule has 0 aromatic carbocycles. The van der Waals surface area contributed by atoms with Crippen molar-refractivity contribution in [2.24, 2.45) is 5.73 Å². The summed E-state index contributed by atoms with van der Waals surface area (Å²) in [5.41, 5.74) is 6.38. The van der Waals surface area contributed by atoms with E-state index in [2.05, 4.69) is 27.6 Å². The molecule has 0 unspecified atom stereocenters. The second-order valence-electron chi connectivity index (χ2n) is 2.16. The lowest BCUT2D eigenvalue weighted by Crippen LogP contribution is -2.13. The molecule has 0 aliphatic rings. The molecule has 0 radical (unpaired) electrons. The van der Waals surface area contributed by atoms with E-state index in [0.717, 1.165) is 5.56 Å². The van der Waals surface area contributed by atoms with Crippen LogP contribution in [0.1, 0.15) is 15.9 Å². The highest BCUT2D eigenvalue weighted by atomic mass is 127. The second-order valence-corrected chi connectivity index (χ2v) is 3.31. The van der Waals surface area contributed by atoms with Gasteiger partial charge in [-0.1, -0.05) is 34.2 Å². The molecule has 1 heterocycles. The van der Waals surface area contributed by atoms with Crippen LogP contribution in [-0.2, 0) is 4.43 Å². The van der Waals surface area contributed by atoms with Gasteiger partial charge in [-0.25, -0.2) is 4.98 Å². The Balaban J connectivity index is 3.20. The predicted octanol–water partition coefficient (Wildman–Crippen LogP) is 1.77. The molecule has 64 valence electrons. The smallest absolute Gasteiger partial charge is 0.250 e. The van der Waals surface area contributed by atoms with Crippen LogP contribution in [0, 0.1) is 0 Å². The molecule has 0 spiro atoms. The predicted molar refractivity (Wildman–Crippen MR) is 55.5 cm³/mol. The van der Waals surface area contributed by atoms with Crippen molar-refractivity contribution in [3.05, 3.63) is 28.5 Å². The summed E-state index contributed by atoms with van der Waals surface area (Å²) in [7, 11) is 0. The molecule has 3 nitrogen and oxygen atoms in total. The highest BCUT2D eigenvalue weighted by molar-refractivity contribution is 14.1. The number of halogens is 2. The molecule has 0 saturated carbocycles. The maximum atomic E-state index is 10.8. The van der Waals surface area contributed by atoms with Crippen molar-refractivity contribution < 1.29 is 4.79 Å². The van der Waals surface area contributed by atoms with Crippen LogP contribution in [0.4, 0.5) is 0 Å². The number of hydrogen-bond acceptors (Lipinski definition) is 2. The standard InChI is InChI=1S/C7H6ClIN2O/c8-6-1-4(2-9)5(3-11-6)7(10)12/h1,3H,2H2,(H2,10,12). The minimum atomic E-state index is -0.467. The number of aromatic nitrogens is 1. The fraction of sp³-hybridized carbons (Fsp3) is 0.143. The monoisotopic (exact) mass is 296 g/mol. The number of carbonyl (C=O) groups excluding carboxylic acids is 1. The van der Waals surface area contributed by atoms with Crippen LogP contribution in [0.5, 0.6) is 0 Å². The van der Waals surface area contributed by atoms with E-state index in [1.54, 1.807) is 6.07 Å². The van der Waals surface area contributed by atoms with E-state index in [1.807, 2.05) is 0 Å². The lowest BCUT2D eigenvalue weighted by Gasteiger charge is -2.01. The van der Waals surface area contributed by atoms with Crippen molar-refractivity contribution in [1.82, 2.24) is 4.98 Å². The summed E-state index contributed by atoms with van der Waals surface area (Å²) >= 11 is 7.77. The van der Waals surface area contributed by atoms with Gasteiger partial charge in [0.15, 0.2) is 0 Å². The van der Waals surface area contributed by atoms with E-state index in [4.69, 9.17) is 17.3 Å². The van der Waals surface area contributed by atoms with Gasteiger partial charge in [0.05, 0.1) is 5.56 Å². The van der Waals surface area contributed by atoms with Crippen molar-refractivity contribution in [1.29, 1.82) is 0 Å². The first-order valence-corrected chi connectivity index (χ1v) is 5.05. The maximum Gasteiger partial charge on any atom is 0.250 e. The molecule has 1 rings (SSSR count). The van der Waals surface area contributed by atoms with Crippen molar-refractivity contribution in [2.75, 3.05) is 0 Å². The van der Waals surface area contributed by atoms with Gasteiger partial charge in [-0.05, 0) is 11.6 Å². The van der Waals surface area contributed by atoms with Crippen LogP contribution in [-0.4, -0.2) is 10.9 Å². The van der Waals surface area contributed by atoms with Gasteiger partial charge < -0.3 is 5.73 Å².